The molecule has 3 N–H and O–H groups in total. The van der Waals surface area contributed by atoms with Crippen LogP contribution in [0.5, 0.6) is 0 Å². The summed E-state index contributed by atoms with van der Waals surface area (Å²) in [6.07, 6.45) is 2.85. The topological polar surface area (TPSA) is 70.6 Å². The van der Waals surface area contributed by atoms with Gasteiger partial charge in [0.15, 0.2) is 0 Å². The zero-order chi connectivity index (χ0) is 12.3. The molecule has 98 valence electrons. The molecule has 2 aliphatic rings. The molecule has 1 saturated carbocycles. The fraction of sp³-hybridized carbons (Fsp3) is 0.917. The maximum Gasteiger partial charge on any atom is 0.227 e. The second kappa shape index (κ2) is 5.33. The summed E-state index contributed by atoms with van der Waals surface area (Å²) in [5, 5.41) is 15.6. The van der Waals surface area contributed by atoms with Crippen LogP contribution in [-0.4, -0.2) is 49.0 Å². The van der Waals surface area contributed by atoms with E-state index < -0.39 is 0 Å². The van der Waals surface area contributed by atoms with E-state index in [1.807, 2.05) is 6.92 Å². The number of nitrogens with one attached hydrogen (secondary N) is 2. The molecule has 5 nitrogen and oxygen atoms in total. The fourth-order valence-electron chi connectivity index (χ4n) is 2.56. The van der Waals surface area contributed by atoms with Crippen molar-refractivity contribution in [1.29, 1.82) is 0 Å². The summed E-state index contributed by atoms with van der Waals surface area (Å²) in [5.74, 6) is -0.110. The first-order chi connectivity index (χ1) is 8.21. The molecule has 2 unspecified atom stereocenters. The van der Waals surface area contributed by atoms with Gasteiger partial charge in [-0.15, -0.1) is 0 Å². The third kappa shape index (κ3) is 2.61. The van der Waals surface area contributed by atoms with Gasteiger partial charge in [0.25, 0.3) is 0 Å². The Balaban J connectivity index is 1.90. The minimum absolute atomic E-state index is 0.0159. The molecule has 1 aliphatic carbocycles. The van der Waals surface area contributed by atoms with E-state index in [1.165, 1.54) is 0 Å². The number of aliphatic hydroxyl groups excluding tert-OH is 1. The van der Waals surface area contributed by atoms with E-state index in [9.17, 15) is 9.90 Å². The molecule has 1 saturated heterocycles. The standard InChI is InChI=1S/C12H22N2O3/c1-2-13-10-7-17-6-9(10)11(16)14-12(8-15)4-3-5-12/h9-10,13,15H,2-8H2,1H3,(H,14,16). The Morgan fingerprint density at radius 2 is 2.24 bits per heavy atom. The smallest absolute Gasteiger partial charge is 0.227 e. The van der Waals surface area contributed by atoms with Crippen LogP contribution >= 0.6 is 0 Å². The van der Waals surface area contributed by atoms with Crippen LogP contribution in [0, 0.1) is 5.92 Å². The normalized spacial score (nSPS) is 30.9. The third-order valence-corrected chi connectivity index (χ3v) is 3.89. The summed E-state index contributed by atoms with van der Waals surface area (Å²) in [6.45, 7) is 3.97. The molecular weight excluding hydrogens is 220 g/mol. The van der Waals surface area contributed by atoms with Crippen molar-refractivity contribution in [2.45, 2.75) is 37.8 Å². The summed E-state index contributed by atoms with van der Waals surface area (Å²) in [4.78, 5) is 12.2. The van der Waals surface area contributed by atoms with Gasteiger partial charge in [0, 0.05) is 6.04 Å². The van der Waals surface area contributed by atoms with E-state index in [2.05, 4.69) is 10.6 Å². The van der Waals surface area contributed by atoms with E-state index >= 15 is 0 Å². The molecule has 0 aromatic carbocycles. The van der Waals surface area contributed by atoms with Gasteiger partial charge in [-0.3, -0.25) is 4.79 Å². The molecule has 1 heterocycles. The average Bonchev–Trinajstić information content (AvgIpc) is 2.72. The van der Waals surface area contributed by atoms with E-state index in [-0.39, 0.29) is 30.0 Å². The summed E-state index contributed by atoms with van der Waals surface area (Å²) < 4.78 is 5.36. The van der Waals surface area contributed by atoms with E-state index in [4.69, 9.17) is 4.74 Å². The van der Waals surface area contributed by atoms with E-state index in [0.717, 1.165) is 25.8 Å². The average molecular weight is 242 g/mol. The second-order valence-corrected chi connectivity index (χ2v) is 5.09. The molecule has 0 aromatic rings. The third-order valence-electron chi connectivity index (χ3n) is 3.89. The highest BCUT2D eigenvalue weighted by Gasteiger charge is 2.41. The highest BCUT2D eigenvalue weighted by Crippen LogP contribution is 2.31. The lowest BCUT2D eigenvalue weighted by Gasteiger charge is -2.41. The number of hydrogen-bond donors (Lipinski definition) is 3. The Labute approximate surface area is 102 Å². The number of carbonyl (C=O) groups excluding carboxylic acids is 1. The van der Waals surface area contributed by atoms with Gasteiger partial charge in [-0.1, -0.05) is 6.92 Å². The van der Waals surface area contributed by atoms with Gasteiger partial charge in [-0.05, 0) is 25.8 Å². The zero-order valence-corrected chi connectivity index (χ0v) is 10.4. The molecular formula is C12H22N2O3. The van der Waals surface area contributed by atoms with Crippen molar-refractivity contribution in [2.24, 2.45) is 5.92 Å². The van der Waals surface area contributed by atoms with Gasteiger partial charge in [0.1, 0.15) is 0 Å². The van der Waals surface area contributed by atoms with E-state index in [1.54, 1.807) is 0 Å². The molecule has 0 bridgehead atoms. The number of aliphatic hydroxyl groups is 1. The number of hydrogen-bond acceptors (Lipinski definition) is 4. The Kier molecular flexibility index (Phi) is 4.01. The first kappa shape index (κ1) is 12.8. The monoisotopic (exact) mass is 242 g/mol. The van der Waals surface area contributed by atoms with Crippen LogP contribution in [-0.2, 0) is 9.53 Å². The van der Waals surface area contributed by atoms with Gasteiger partial charge in [-0.25, -0.2) is 0 Å². The molecule has 2 rings (SSSR count). The van der Waals surface area contributed by atoms with Gasteiger partial charge in [-0.2, -0.15) is 0 Å². The maximum absolute atomic E-state index is 12.2. The van der Waals surface area contributed by atoms with Crippen LogP contribution < -0.4 is 10.6 Å². The minimum atomic E-state index is -0.351. The SMILES string of the molecule is CCNC1COCC1C(=O)NC1(CO)CCC1. The van der Waals surface area contributed by atoms with Gasteiger partial charge < -0.3 is 20.5 Å². The highest BCUT2D eigenvalue weighted by atomic mass is 16.5. The first-order valence-electron chi connectivity index (χ1n) is 6.45. The van der Waals surface area contributed by atoms with Crippen LogP contribution in [0.3, 0.4) is 0 Å². The summed E-state index contributed by atoms with van der Waals surface area (Å²) in [5.41, 5.74) is -0.351. The number of carbonyl (C=O) groups is 1. The van der Waals surface area contributed by atoms with Crippen molar-refractivity contribution >= 4 is 5.91 Å². The van der Waals surface area contributed by atoms with Crippen molar-refractivity contribution in [3.63, 3.8) is 0 Å². The van der Waals surface area contributed by atoms with Crippen molar-refractivity contribution in [3.05, 3.63) is 0 Å². The highest BCUT2D eigenvalue weighted by molar-refractivity contribution is 5.80. The number of amides is 1. The first-order valence-corrected chi connectivity index (χ1v) is 6.45. The van der Waals surface area contributed by atoms with Gasteiger partial charge in [0.2, 0.25) is 5.91 Å². The summed E-state index contributed by atoms with van der Waals surface area (Å²) >= 11 is 0. The maximum atomic E-state index is 12.2. The van der Waals surface area contributed by atoms with Crippen LogP contribution in [0.4, 0.5) is 0 Å². The molecule has 0 spiro atoms. The molecule has 0 radical (unpaired) electrons. The summed E-state index contributed by atoms with van der Waals surface area (Å²) in [6, 6.07) is 0.107. The number of likely N-dealkylation sites (N-methyl/N-ethyl adjacent to an activating group) is 1. The Hall–Kier alpha value is -0.650. The van der Waals surface area contributed by atoms with Crippen LogP contribution in [0.25, 0.3) is 0 Å². The van der Waals surface area contributed by atoms with Crippen molar-refractivity contribution in [2.75, 3.05) is 26.4 Å². The minimum Gasteiger partial charge on any atom is -0.394 e. The Bertz CT molecular complexity index is 273. The molecule has 0 aromatic heterocycles. The second-order valence-electron chi connectivity index (χ2n) is 5.09. The fourth-order valence-corrected chi connectivity index (χ4v) is 2.56. The largest absolute Gasteiger partial charge is 0.394 e. The van der Waals surface area contributed by atoms with Crippen LogP contribution in [0.1, 0.15) is 26.2 Å². The van der Waals surface area contributed by atoms with Crippen LogP contribution in [0.2, 0.25) is 0 Å². The lowest BCUT2D eigenvalue weighted by atomic mass is 9.77. The van der Waals surface area contributed by atoms with E-state index in [0.29, 0.717) is 13.2 Å². The molecule has 5 heteroatoms. The predicted octanol–water partition coefficient (Wildman–Crippen LogP) is -0.358. The Morgan fingerprint density at radius 3 is 2.76 bits per heavy atom. The van der Waals surface area contributed by atoms with Crippen molar-refractivity contribution in [1.82, 2.24) is 10.6 Å². The molecule has 17 heavy (non-hydrogen) atoms. The zero-order valence-electron chi connectivity index (χ0n) is 10.4. The van der Waals surface area contributed by atoms with Crippen molar-refractivity contribution in [3.8, 4) is 0 Å². The lowest BCUT2D eigenvalue weighted by Crippen LogP contribution is -2.59. The molecule has 1 amide bonds. The van der Waals surface area contributed by atoms with Crippen molar-refractivity contribution < 1.29 is 14.6 Å². The summed E-state index contributed by atoms with van der Waals surface area (Å²) in [7, 11) is 0. The Morgan fingerprint density at radius 1 is 1.47 bits per heavy atom. The quantitative estimate of drug-likeness (QED) is 0.616. The molecule has 2 atom stereocenters. The number of ether oxygens (including phenoxy) is 1. The molecule has 2 fully saturated rings. The van der Waals surface area contributed by atoms with Crippen LogP contribution in [0.15, 0.2) is 0 Å². The van der Waals surface area contributed by atoms with Gasteiger partial charge in [0.05, 0.1) is 31.3 Å². The predicted molar refractivity (Wildman–Crippen MR) is 63.6 cm³/mol. The van der Waals surface area contributed by atoms with Gasteiger partial charge >= 0.3 is 0 Å². The lowest BCUT2D eigenvalue weighted by molar-refractivity contribution is -0.129. The molecule has 1 aliphatic heterocycles. The number of rotatable bonds is 5.